The molecule has 1 spiro atoms. The Morgan fingerprint density at radius 2 is 1.77 bits per heavy atom. The lowest BCUT2D eigenvalue weighted by Gasteiger charge is -2.39. The molecule has 3 aliphatic heterocycles. The lowest BCUT2D eigenvalue weighted by atomic mass is 9.86. The monoisotopic (exact) mass is 448 g/mol. The highest BCUT2D eigenvalue weighted by atomic mass is 32.2. The van der Waals surface area contributed by atoms with Gasteiger partial charge in [-0.2, -0.15) is 4.31 Å². The Bertz CT molecular complexity index is 926. The first-order valence-corrected chi connectivity index (χ1v) is 12.6. The maximum atomic E-state index is 13.4. The van der Waals surface area contributed by atoms with E-state index in [2.05, 4.69) is 24.1 Å². The Morgan fingerprint density at radius 1 is 1.10 bits per heavy atom. The van der Waals surface area contributed by atoms with Gasteiger partial charge in [-0.05, 0) is 43.7 Å². The molecule has 1 atom stereocenters. The van der Waals surface area contributed by atoms with E-state index in [0.29, 0.717) is 38.1 Å². The van der Waals surface area contributed by atoms with Gasteiger partial charge in [0.2, 0.25) is 10.0 Å². The minimum Gasteiger partial charge on any atom is -0.323 e. The van der Waals surface area contributed by atoms with Crippen molar-refractivity contribution in [2.75, 3.05) is 32.7 Å². The minimum absolute atomic E-state index is 0.145. The molecule has 9 heteroatoms. The number of nitrogens with one attached hydrogen (secondary N) is 1. The zero-order valence-corrected chi connectivity index (χ0v) is 19.1. The molecular weight excluding hydrogens is 416 g/mol. The summed E-state index contributed by atoms with van der Waals surface area (Å²) in [6, 6.07) is 7.50. The van der Waals surface area contributed by atoms with Crippen molar-refractivity contribution in [3.05, 3.63) is 30.3 Å². The second-order valence-corrected chi connectivity index (χ2v) is 11.3. The van der Waals surface area contributed by atoms with Crippen molar-refractivity contribution in [2.45, 2.75) is 56.0 Å². The van der Waals surface area contributed by atoms with Crippen molar-refractivity contribution in [1.82, 2.24) is 19.4 Å². The lowest BCUT2D eigenvalue weighted by molar-refractivity contribution is -0.135. The van der Waals surface area contributed by atoms with Crippen molar-refractivity contribution in [3.63, 3.8) is 0 Å². The first-order chi connectivity index (χ1) is 14.7. The van der Waals surface area contributed by atoms with Gasteiger partial charge in [0.05, 0.1) is 10.9 Å². The Hall–Kier alpha value is -1.97. The number of imide groups is 1. The van der Waals surface area contributed by atoms with Gasteiger partial charge in [0.15, 0.2) is 0 Å². The summed E-state index contributed by atoms with van der Waals surface area (Å²) in [6.07, 6.45) is 2.43. The number of hydrogen-bond acceptors (Lipinski definition) is 5. The van der Waals surface area contributed by atoms with Crippen LogP contribution in [0.4, 0.5) is 4.79 Å². The number of rotatable bonds is 5. The fourth-order valence-corrected chi connectivity index (χ4v) is 6.57. The van der Waals surface area contributed by atoms with E-state index >= 15 is 0 Å². The molecule has 170 valence electrons. The van der Waals surface area contributed by atoms with E-state index in [9.17, 15) is 18.0 Å². The average Bonchev–Trinajstić information content (AvgIpc) is 2.99. The normalized spacial score (nSPS) is 25.4. The van der Waals surface area contributed by atoms with Crippen LogP contribution in [0.3, 0.4) is 0 Å². The van der Waals surface area contributed by atoms with Crippen molar-refractivity contribution in [1.29, 1.82) is 0 Å². The van der Waals surface area contributed by atoms with Crippen LogP contribution in [0.1, 0.15) is 39.5 Å². The van der Waals surface area contributed by atoms with Gasteiger partial charge in [0, 0.05) is 32.7 Å². The molecule has 3 fully saturated rings. The second kappa shape index (κ2) is 8.52. The Labute approximate surface area is 184 Å². The van der Waals surface area contributed by atoms with E-state index in [4.69, 9.17) is 0 Å². The summed E-state index contributed by atoms with van der Waals surface area (Å²) < 4.78 is 27.5. The molecule has 8 nitrogen and oxygen atoms in total. The van der Waals surface area contributed by atoms with E-state index in [1.165, 1.54) is 9.21 Å². The highest BCUT2D eigenvalue weighted by molar-refractivity contribution is 7.89. The van der Waals surface area contributed by atoms with Gasteiger partial charge in [0.25, 0.3) is 5.91 Å². The number of benzene rings is 1. The number of urea groups is 1. The van der Waals surface area contributed by atoms with Gasteiger partial charge >= 0.3 is 6.03 Å². The van der Waals surface area contributed by atoms with E-state index in [1.807, 2.05) is 0 Å². The quantitative estimate of drug-likeness (QED) is 0.695. The predicted octanol–water partition coefficient (Wildman–Crippen LogP) is 1.88. The van der Waals surface area contributed by atoms with Gasteiger partial charge in [-0.15, -0.1) is 0 Å². The van der Waals surface area contributed by atoms with Crippen LogP contribution >= 0.6 is 0 Å². The standard InChI is InChI=1S/C22H32N4O4S/c1-17(2)15-24-13-10-22(11-14-24)20(27)26(21(28)23-22)18-7-6-12-25(16-18)31(29,30)19-8-4-3-5-9-19/h3-5,8-9,17-18H,6-7,10-16H2,1-2H3,(H,23,28). The largest absolute Gasteiger partial charge is 0.325 e. The summed E-state index contributed by atoms with van der Waals surface area (Å²) >= 11 is 0. The molecule has 0 aromatic heterocycles. The molecule has 0 bridgehead atoms. The first kappa shape index (κ1) is 22.2. The van der Waals surface area contributed by atoms with Gasteiger partial charge < -0.3 is 10.2 Å². The molecule has 3 amide bonds. The minimum atomic E-state index is -3.65. The van der Waals surface area contributed by atoms with Crippen LogP contribution in [-0.2, 0) is 14.8 Å². The molecular formula is C22H32N4O4S. The summed E-state index contributed by atoms with van der Waals surface area (Å²) in [5, 5.41) is 2.97. The molecule has 0 aliphatic carbocycles. The smallest absolute Gasteiger partial charge is 0.323 e. The number of carbonyl (C=O) groups excluding carboxylic acids is 2. The second-order valence-electron chi connectivity index (χ2n) is 9.35. The van der Waals surface area contributed by atoms with Crippen LogP contribution in [0.25, 0.3) is 0 Å². The molecule has 31 heavy (non-hydrogen) atoms. The fraction of sp³-hybridized carbons (Fsp3) is 0.636. The van der Waals surface area contributed by atoms with Gasteiger partial charge in [-0.25, -0.2) is 13.2 Å². The molecule has 3 saturated heterocycles. The Kier molecular flexibility index (Phi) is 6.11. The maximum absolute atomic E-state index is 13.4. The molecule has 0 saturated carbocycles. The average molecular weight is 449 g/mol. The molecule has 1 unspecified atom stereocenters. The van der Waals surface area contributed by atoms with Crippen molar-refractivity contribution in [3.8, 4) is 0 Å². The summed E-state index contributed by atoms with van der Waals surface area (Å²) in [4.78, 5) is 30.1. The summed E-state index contributed by atoms with van der Waals surface area (Å²) in [5.41, 5.74) is -0.842. The van der Waals surface area contributed by atoms with Crippen LogP contribution in [0.5, 0.6) is 0 Å². The topological polar surface area (TPSA) is 90.0 Å². The van der Waals surface area contributed by atoms with Crippen LogP contribution in [0.2, 0.25) is 0 Å². The number of nitrogens with zero attached hydrogens (tertiary/aromatic N) is 3. The highest BCUT2D eigenvalue weighted by Gasteiger charge is 2.54. The molecule has 1 aromatic rings. The lowest BCUT2D eigenvalue weighted by Crippen LogP contribution is -2.56. The number of likely N-dealkylation sites (tertiary alicyclic amines) is 1. The molecule has 3 aliphatic rings. The number of carbonyl (C=O) groups is 2. The van der Waals surface area contributed by atoms with Crippen LogP contribution in [0, 0.1) is 5.92 Å². The number of amides is 3. The summed E-state index contributed by atoms with van der Waals surface area (Å²) in [6.45, 7) is 7.42. The molecule has 1 aromatic carbocycles. The van der Waals surface area contributed by atoms with Crippen LogP contribution in [0.15, 0.2) is 35.2 Å². The predicted molar refractivity (Wildman–Crippen MR) is 117 cm³/mol. The third kappa shape index (κ3) is 4.23. The molecule has 4 rings (SSSR count). The van der Waals surface area contributed by atoms with E-state index in [-0.39, 0.29) is 23.4 Å². The van der Waals surface area contributed by atoms with Gasteiger partial charge in [-0.3, -0.25) is 9.69 Å². The summed E-state index contributed by atoms with van der Waals surface area (Å²) in [7, 11) is -3.65. The number of sulfonamides is 1. The van der Waals surface area contributed by atoms with Crippen LogP contribution in [-0.4, -0.2) is 78.8 Å². The Morgan fingerprint density at radius 3 is 2.42 bits per heavy atom. The Balaban J connectivity index is 1.47. The van der Waals surface area contributed by atoms with E-state index < -0.39 is 21.6 Å². The van der Waals surface area contributed by atoms with Gasteiger partial charge in [0.1, 0.15) is 5.54 Å². The summed E-state index contributed by atoms with van der Waals surface area (Å²) in [5.74, 6) is 0.366. The van der Waals surface area contributed by atoms with E-state index in [1.54, 1.807) is 30.3 Å². The fourth-order valence-electron chi connectivity index (χ4n) is 5.04. The first-order valence-electron chi connectivity index (χ1n) is 11.2. The molecule has 3 heterocycles. The third-order valence-electron chi connectivity index (χ3n) is 6.63. The van der Waals surface area contributed by atoms with Crippen molar-refractivity contribution >= 4 is 22.0 Å². The number of hydrogen-bond donors (Lipinski definition) is 1. The molecule has 1 N–H and O–H groups in total. The third-order valence-corrected chi connectivity index (χ3v) is 8.51. The van der Waals surface area contributed by atoms with Crippen molar-refractivity contribution < 1.29 is 18.0 Å². The highest BCUT2D eigenvalue weighted by Crippen LogP contribution is 2.33. The zero-order valence-electron chi connectivity index (χ0n) is 18.3. The van der Waals surface area contributed by atoms with Crippen LogP contribution < -0.4 is 5.32 Å². The van der Waals surface area contributed by atoms with Crippen molar-refractivity contribution in [2.24, 2.45) is 5.92 Å². The van der Waals surface area contributed by atoms with Gasteiger partial charge in [-0.1, -0.05) is 32.0 Å². The maximum Gasteiger partial charge on any atom is 0.325 e. The zero-order chi connectivity index (χ0) is 22.2. The van der Waals surface area contributed by atoms with E-state index in [0.717, 1.165) is 19.6 Å². The SMILES string of the molecule is CC(C)CN1CCC2(CC1)NC(=O)N(C1CCCN(S(=O)(=O)c3ccccc3)C1)C2=O. The number of piperidine rings is 2. The molecule has 0 radical (unpaired) electrons.